The first-order valence-electron chi connectivity index (χ1n) is 14.2. The Hall–Kier alpha value is -2.33. The SMILES string of the molecule is CC(CCC(=O)O)C1CCC2C3C(=O)CC4CC5(CC[C@]4(C)C3CC(=O)[C@]12C)OCC(C(=O)O)(C(=O)O)CO5. The molecule has 0 aromatic rings. The van der Waals surface area contributed by atoms with Crippen molar-refractivity contribution >= 4 is 29.5 Å². The third-order valence-corrected chi connectivity index (χ3v) is 11.9. The lowest BCUT2D eigenvalue weighted by molar-refractivity contribution is -0.326. The van der Waals surface area contributed by atoms with Gasteiger partial charge in [-0.2, -0.15) is 0 Å². The van der Waals surface area contributed by atoms with Gasteiger partial charge >= 0.3 is 17.9 Å². The molecule has 39 heavy (non-hydrogen) atoms. The van der Waals surface area contributed by atoms with Crippen LogP contribution in [-0.4, -0.2) is 63.8 Å². The minimum Gasteiger partial charge on any atom is -0.481 e. The summed E-state index contributed by atoms with van der Waals surface area (Å²) < 4.78 is 11.8. The molecule has 1 aliphatic heterocycles. The van der Waals surface area contributed by atoms with Crippen molar-refractivity contribution in [3.8, 4) is 0 Å². The molecule has 4 saturated carbocycles. The van der Waals surface area contributed by atoms with E-state index in [9.17, 15) is 34.2 Å². The van der Waals surface area contributed by atoms with Crippen LogP contribution in [0.5, 0.6) is 0 Å². The molecule has 1 spiro atoms. The molecule has 6 unspecified atom stereocenters. The van der Waals surface area contributed by atoms with E-state index in [0.717, 1.165) is 12.8 Å². The highest BCUT2D eigenvalue weighted by molar-refractivity contribution is 5.98. The van der Waals surface area contributed by atoms with Gasteiger partial charge in [0.15, 0.2) is 5.79 Å². The zero-order valence-electron chi connectivity index (χ0n) is 22.9. The average Bonchev–Trinajstić information content (AvgIpc) is 3.23. The summed E-state index contributed by atoms with van der Waals surface area (Å²) >= 11 is 0. The normalized spacial score (nSPS) is 41.3. The van der Waals surface area contributed by atoms with E-state index in [2.05, 4.69) is 6.92 Å². The maximum atomic E-state index is 13.9. The van der Waals surface area contributed by atoms with E-state index in [1.807, 2.05) is 13.8 Å². The number of aliphatic carboxylic acids is 3. The number of hydrogen-bond acceptors (Lipinski definition) is 7. The van der Waals surface area contributed by atoms with E-state index in [0.29, 0.717) is 38.5 Å². The van der Waals surface area contributed by atoms with Crippen molar-refractivity contribution in [3.63, 3.8) is 0 Å². The first-order chi connectivity index (χ1) is 18.2. The summed E-state index contributed by atoms with van der Waals surface area (Å²) in [5.41, 5.74) is -3.07. The maximum Gasteiger partial charge on any atom is 0.325 e. The Kier molecular flexibility index (Phi) is 6.77. The highest BCUT2D eigenvalue weighted by Gasteiger charge is 2.68. The topological polar surface area (TPSA) is 164 Å². The van der Waals surface area contributed by atoms with Gasteiger partial charge in [0, 0.05) is 43.4 Å². The minimum absolute atomic E-state index is 0.0453. The zero-order valence-corrected chi connectivity index (χ0v) is 22.9. The van der Waals surface area contributed by atoms with E-state index >= 15 is 0 Å². The van der Waals surface area contributed by atoms with Gasteiger partial charge in [0.2, 0.25) is 5.41 Å². The van der Waals surface area contributed by atoms with Crippen molar-refractivity contribution < 1.29 is 48.8 Å². The fourth-order valence-corrected chi connectivity index (χ4v) is 9.29. The summed E-state index contributed by atoms with van der Waals surface area (Å²) in [7, 11) is 0. The molecule has 216 valence electrons. The van der Waals surface area contributed by atoms with Crippen molar-refractivity contribution in [2.45, 2.75) is 84.3 Å². The van der Waals surface area contributed by atoms with Gasteiger partial charge < -0.3 is 24.8 Å². The number of hydrogen-bond donors (Lipinski definition) is 3. The van der Waals surface area contributed by atoms with Crippen molar-refractivity contribution in [3.05, 3.63) is 0 Å². The molecular weight excluding hydrogens is 508 g/mol. The monoisotopic (exact) mass is 548 g/mol. The van der Waals surface area contributed by atoms with Gasteiger partial charge in [-0.1, -0.05) is 20.8 Å². The van der Waals surface area contributed by atoms with Crippen LogP contribution in [0.4, 0.5) is 0 Å². The second-order valence-corrected chi connectivity index (χ2v) is 13.5. The molecule has 10 heteroatoms. The largest absolute Gasteiger partial charge is 0.481 e. The smallest absolute Gasteiger partial charge is 0.325 e. The number of carbonyl (C=O) groups excluding carboxylic acids is 2. The molecule has 8 atom stereocenters. The molecule has 0 bridgehead atoms. The Morgan fingerprint density at radius 1 is 0.949 bits per heavy atom. The summed E-state index contributed by atoms with van der Waals surface area (Å²) in [6, 6.07) is 0. The van der Waals surface area contributed by atoms with Crippen molar-refractivity contribution in [1.29, 1.82) is 0 Å². The summed E-state index contributed by atoms with van der Waals surface area (Å²) in [5, 5.41) is 28.2. The average molecular weight is 549 g/mol. The van der Waals surface area contributed by atoms with Gasteiger partial charge in [-0.25, -0.2) is 0 Å². The van der Waals surface area contributed by atoms with Gasteiger partial charge in [0.1, 0.15) is 11.6 Å². The molecule has 5 aliphatic rings. The van der Waals surface area contributed by atoms with Crippen LogP contribution in [-0.2, 0) is 33.4 Å². The molecule has 0 aromatic heterocycles. The standard InChI is InChI=1S/C29H40O10/c1-15(4-7-22(32)33)17-5-6-18-23-19(11-21(31)27(17,18)3)26(2)8-9-29(12-16(26)10-20(23)30)38-13-28(14-39-29,24(34)35)25(36)37/h15-19,23H,4-14H2,1-3H3,(H,32,33)(H,34,35)(H,36,37)/t15?,16?,17?,18?,19?,23?,26-,27+/m0/s1. The Balaban J connectivity index is 1.35. The Morgan fingerprint density at radius 3 is 2.18 bits per heavy atom. The molecule has 3 N–H and O–H groups in total. The minimum atomic E-state index is -2.15. The lowest BCUT2D eigenvalue weighted by atomic mass is 9.43. The van der Waals surface area contributed by atoms with Gasteiger partial charge in [0.25, 0.3) is 0 Å². The van der Waals surface area contributed by atoms with Crippen molar-refractivity contribution in [2.24, 2.45) is 51.8 Å². The Labute approximate surface area is 227 Å². The fourth-order valence-electron chi connectivity index (χ4n) is 9.29. The van der Waals surface area contributed by atoms with Crippen LogP contribution in [0, 0.1) is 51.8 Å². The number of Topliss-reactive ketones (excluding diaryl/α,β-unsaturated/α-hetero) is 2. The molecule has 1 saturated heterocycles. The number of fused-ring (bicyclic) bond motifs is 5. The maximum absolute atomic E-state index is 13.9. The van der Waals surface area contributed by atoms with Crippen LogP contribution in [0.1, 0.15) is 78.6 Å². The Bertz CT molecular complexity index is 1070. The molecule has 0 amide bonds. The molecule has 1 heterocycles. The lowest BCUT2D eigenvalue weighted by Crippen LogP contribution is -2.64. The highest BCUT2D eigenvalue weighted by Crippen LogP contribution is 2.67. The zero-order chi connectivity index (χ0) is 28.5. The van der Waals surface area contributed by atoms with Crippen LogP contribution in [0.25, 0.3) is 0 Å². The summed E-state index contributed by atoms with van der Waals surface area (Å²) in [6.45, 7) is 5.22. The van der Waals surface area contributed by atoms with Crippen LogP contribution < -0.4 is 0 Å². The number of carboxylic acids is 3. The molecule has 4 aliphatic carbocycles. The molecule has 0 radical (unpaired) electrons. The summed E-state index contributed by atoms with van der Waals surface area (Å²) in [4.78, 5) is 62.3. The second kappa shape index (κ2) is 9.36. The van der Waals surface area contributed by atoms with Crippen molar-refractivity contribution in [2.75, 3.05) is 13.2 Å². The molecule has 5 rings (SSSR count). The number of ketones is 2. The van der Waals surface area contributed by atoms with Crippen LogP contribution in [0.3, 0.4) is 0 Å². The van der Waals surface area contributed by atoms with Crippen LogP contribution >= 0.6 is 0 Å². The van der Waals surface area contributed by atoms with Gasteiger partial charge in [-0.15, -0.1) is 0 Å². The van der Waals surface area contributed by atoms with Crippen LogP contribution in [0.15, 0.2) is 0 Å². The first kappa shape index (κ1) is 28.2. The van der Waals surface area contributed by atoms with Gasteiger partial charge in [-0.05, 0) is 60.7 Å². The second-order valence-electron chi connectivity index (χ2n) is 13.5. The predicted molar refractivity (Wildman–Crippen MR) is 134 cm³/mol. The van der Waals surface area contributed by atoms with Crippen LogP contribution in [0.2, 0.25) is 0 Å². The van der Waals surface area contributed by atoms with Crippen molar-refractivity contribution in [1.82, 2.24) is 0 Å². The fraction of sp³-hybridized carbons (Fsp3) is 0.828. The number of carbonyl (C=O) groups is 5. The van der Waals surface area contributed by atoms with E-state index < -0.39 is 47.7 Å². The van der Waals surface area contributed by atoms with Gasteiger partial charge in [-0.3, -0.25) is 24.0 Å². The quantitative estimate of drug-likeness (QED) is 0.419. The number of carboxylic acid groups (broad SMARTS) is 3. The van der Waals surface area contributed by atoms with E-state index in [1.54, 1.807) is 0 Å². The highest BCUT2D eigenvalue weighted by atomic mass is 16.7. The van der Waals surface area contributed by atoms with E-state index in [-0.39, 0.29) is 58.9 Å². The predicted octanol–water partition coefficient (Wildman–Crippen LogP) is 3.40. The molecule has 0 aromatic carbocycles. The Morgan fingerprint density at radius 2 is 1.59 bits per heavy atom. The molecule has 10 nitrogen and oxygen atoms in total. The molecule has 5 fully saturated rings. The summed E-state index contributed by atoms with van der Waals surface area (Å²) in [5.74, 6) is -4.95. The van der Waals surface area contributed by atoms with E-state index in [4.69, 9.17) is 14.6 Å². The third-order valence-electron chi connectivity index (χ3n) is 11.9. The number of rotatable bonds is 6. The summed E-state index contributed by atoms with van der Waals surface area (Å²) in [6.07, 6.45) is 4.30. The molecular formula is C29H40O10. The lowest BCUT2D eigenvalue weighted by Gasteiger charge is -2.61. The first-order valence-corrected chi connectivity index (χ1v) is 14.2. The number of ether oxygens (including phenoxy) is 2. The van der Waals surface area contributed by atoms with Gasteiger partial charge in [0.05, 0.1) is 13.2 Å². The van der Waals surface area contributed by atoms with E-state index in [1.165, 1.54) is 0 Å². The third kappa shape index (κ3) is 4.07.